The summed E-state index contributed by atoms with van der Waals surface area (Å²) in [7, 11) is 0. The Labute approximate surface area is 125 Å². The number of hydrogen-bond acceptors (Lipinski definition) is 2. The van der Waals surface area contributed by atoms with E-state index in [1.807, 2.05) is 35.7 Å². The first-order valence-corrected chi connectivity index (χ1v) is 7.34. The van der Waals surface area contributed by atoms with Crippen molar-refractivity contribution in [2.45, 2.75) is 0 Å². The van der Waals surface area contributed by atoms with E-state index in [1.165, 1.54) is 0 Å². The van der Waals surface area contributed by atoms with E-state index in [0.717, 1.165) is 21.8 Å². The van der Waals surface area contributed by atoms with E-state index in [-0.39, 0.29) is 0 Å². The van der Waals surface area contributed by atoms with Crippen LogP contribution in [0.1, 0.15) is 0 Å². The summed E-state index contributed by atoms with van der Waals surface area (Å²) in [5.41, 5.74) is 3.02. The van der Waals surface area contributed by atoms with Crippen LogP contribution in [0, 0.1) is 0 Å². The molecule has 0 saturated heterocycles. The number of halogens is 2. The molecule has 1 nitrogen and oxygen atoms in total. The van der Waals surface area contributed by atoms with Crippen LogP contribution >= 0.6 is 34.5 Å². The van der Waals surface area contributed by atoms with Gasteiger partial charge in [-0.1, -0.05) is 59.6 Å². The Kier molecular flexibility index (Phi) is 3.56. The lowest BCUT2D eigenvalue weighted by molar-refractivity contribution is 1.40. The molecule has 0 radical (unpaired) electrons. The van der Waals surface area contributed by atoms with Gasteiger partial charge in [-0.2, -0.15) is 0 Å². The second-order valence-corrected chi connectivity index (χ2v) is 5.71. The highest BCUT2D eigenvalue weighted by Crippen LogP contribution is 2.32. The molecule has 0 aliphatic rings. The number of hydrogen-bond donors (Lipinski definition) is 0. The molecule has 0 saturated carbocycles. The Morgan fingerprint density at radius 3 is 2.37 bits per heavy atom. The van der Waals surface area contributed by atoms with Crippen molar-refractivity contribution in [2.24, 2.45) is 0 Å². The number of thiazole rings is 1. The molecule has 0 aliphatic carbocycles. The smallest absolute Gasteiger partial charge is 0.124 e. The van der Waals surface area contributed by atoms with Crippen molar-refractivity contribution in [3.05, 3.63) is 64.0 Å². The second kappa shape index (κ2) is 5.33. The van der Waals surface area contributed by atoms with E-state index >= 15 is 0 Å². The molecule has 3 rings (SSSR count). The van der Waals surface area contributed by atoms with Crippen molar-refractivity contribution in [1.29, 1.82) is 0 Å². The van der Waals surface area contributed by atoms with Crippen molar-refractivity contribution in [2.75, 3.05) is 0 Å². The predicted molar refractivity (Wildman–Crippen MR) is 83.0 cm³/mol. The van der Waals surface area contributed by atoms with Crippen LogP contribution in [0.4, 0.5) is 0 Å². The quantitative estimate of drug-likeness (QED) is 0.584. The van der Waals surface area contributed by atoms with Gasteiger partial charge in [-0.25, -0.2) is 4.98 Å². The first-order chi connectivity index (χ1) is 9.24. The molecule has 94 valence electrons. The third-order valence-electron chi connectivity index (χ3n) is 2.74. The van der Waals surface area contributed by atoms with Gasteiger partial charge in [-0.15, -0.1) is 11.3 Å². The van der Waals surface area contributed by atoms with Crippen LogP contribution in [-0.4, -0.2) is 4.98 Å². The molecule has 3 aromatic rings. The minimum atomic E-state index is 0.549. The van der Waals surface area contributed by atoms with Crippen LogP contribution in [0.3, 0.4) is 0 Å². The SMILES string of the molecule is Clc1ccc(-c2csc(-c3ccccc3)n2)cc1Cl. The molecule has 1 aromatic heterocycles. The van der Waals surface area contributed by atoms with Gasteiger partial charge in [0.05, 0.1) is 15.7 Å². The molecule has 0 fully saturated rings. The molecule has 19 heavy (non-hydrogen) atoms. The third-order valence-corrected chi connectivity index (χ3v) is 4.37. The Morgan fingerprint density at radius 2 is 1.63 bits per heavy atom. The minimum Gasteiger partial charge on any atom is -0.236 e. The van der Waals surface area contributed by atoms with E-state index in [4.69, 9.17) is 23.2 Å². The number of benzene rings is 2. The fourth-order valence-electron chi connectivity index (χ4n) is 1.78. The highest BCUT2D eigenvalue weighted by Gasteiger charge is 2.07. The number of rotatable bonds is 2. The van der Waals surface area contributed by atoms with E-state index in [9.17, 15) is 0 Å². The lowest BCUT2D eigenvalue weighted by Gasteiger charge is -1.99. The van der Waals surface area contributed by atoms with Gasteiger partial charge < -0.3 is 0 Å². The minimum absolute atomic E-state index is 0.549. The highest BCUT2D eigenvalue weighted by atomic mass is 35.5. The molecule has 0 atom stereocenters. The molecule has 0 spiro atoms. The summed E-state index contributed by atoms with van der Waals surface area (Å²) < 4.78 is 0. The van der Waals surface area contributed by atoms with Gasteiger partial charge in [0.15, 0.2) is 0 Å². The largest absolute Gasteiger partial charge is 0.236 e. The maximum Gasteiger partial charge on any atom is 0.124 e. The van der Waals surface area contributed by atoms with E-state index in [0.29, 0.717) is 10.0 Å². The van der Waals surface area contributed by atoms with Crippen LogP contribution in [0.25, 0.3) is 21.8 Å². The van der Waals surface area contributed by atoms with Crippen molar-refractivity contribution < 1.29 is 0 Å². The van der Waals surface area contributed by atoms with Gasteiger partial charge in [-0.05, 0) is 12.1 Å². The van der Waals surface area contributed by atoms with E-state index in [1.54, 1.807) is 17.4 Å². The summed E-state index contributed by atoms with van der Waals surface area (Å²) in [5.74, 6) is 0. The Morgan fingerprint density at radius 1 is 0.842 bits per heavy atom. The zero-order valence-electron chi connectivity index (χ0n) is 9.81. The summed E-state index contributed by atoms with van der Waals surface area (Å²) in [6, 6.07) is 15.7. The summed E-state index contributed by atoms with van der Waals surface area (Å²) >= 11 is 13.6. The molecular formula is C15H9Cl2NS. The Hall–Kier alpha value is -1.35. The molecule has 0 N–H and O–H groups in total. The first kappa shape index (κ1) is 12.7. The van der Waals surface area contributed by atoms with Gasteiger partial charge in [0.25, 0.3) is 0 Å². The van der Waals surface area contributed by atoms with Gasteiger partial charge in [0.2, 0.25) is 0 Å². The van der Waals surface area contributed by atoms with Crippen LogP contribution in [-0.2, 0) is 0 Å². The number of nitrogens with zero attached hydrogens (tertiary/aromatic N) is 1. The molecule has 4 heteroatoms. The van der Waals surface area contributed by atoms with Gasteiger partial charge >= 0.3 is 0 Å². The van der Waals surface area contributed by atoms with Crippen LogP contribution in [0.2, 0.25) is 10.0 Å². The van der Waals surface area contributed by atoms with E-state index in [2.05, 4.69) is 17.1 Å². The van der Waals surface area contributed by atoms with Crippen molar-refractivity contribution >= 4 is 34.5 Å². The first-order valence-electron chi connectivity index (χ1n) is 5.70. The van der Waals surface area contributed by atoms with Crippen molar-refractivity contribution in [3.63, 3.8) is 0 Å². The van der Waals surface area contributed by atoms with Crippen molar-refractivity contribution in [3.8, 4) is 21.8 Å². The molecule has 0 amide bonds. The Bertz CT molecular complexity index is 707. The standard InChI is InChI=1S/C15H9Cl2NS/c16-12-7-6-11(8-13(12)17)14-9-19-15(18-14)10-4-2-1-3-5-10/h1-9H. The predicted octanol–water partition coefficient (Wildman–Crippen LogP) is 5.78. The fourth-order valence-corrected chi connectivity index (χ4v) is 2.91. The lowest BCUT2D eigenvalue weighted by atomic mass is 10.2. The monoisotopic (exact) mass is 305 g/mol. The zero-order valence-corrected chi connectivity index (χ0v) is 12.1. The average Bonchev–Trinajstić information content (AvgIpc) is 2.93. The van der Waals surface area contributed by atoms with Gasteiger partial charge in [0, 0.05) is 16.5 Å². The summed E-state index contributed by atoms with van der Waals surface area (Å²) in [4.78, 5) is 4.64. The second-order valence-electron chi connectivity index (χ2n) is 4.03. The highest BCUT2D eigenvalue weighted by molar-refractivity contribution is 7.13. The molecule has 0 bridgehead atoms. The average molecular weight is 306 g/mol. The van der Waals surface area contributed by atoms with Crippen LogP contribution < -0.4 is 0 Å². The maximum absolute atomic E-state index is 6.03. The molecular weight excluding hydrogens is 297 g/mol. The van der Waals surface area contributed by atoms with Gasteiger partial charge in [0.1, 0.15) is 5.01 Å². The Balaban J connectivity index is 1.99. The lowest BCUT2D eigenvalue weighted by Crippen LogP contribution is -1.80. The molecule has 1 heterocycles. The zero-order chi connectivity index (χ0) is 13.2. The normalized spacial score (nSPS) is 10.6. The van der Waals surface area contributed by atoms with Crippen molar-refractivity contribution in [1.82, 2.24) is 4.98 Å². The molecule has 2 aromatic carbocycles. The molecule has 0 aliphatic heterocycles. The summed E-state index contributed by atoms with van der Waals surface area (Å²) in [6.45, 7) is 0. The summed E-state index contributed by atoms with van der Waals surface area (Å²) in [6.07, 6.45) is 0. The maximum atomic E-state index is 6.03. The topological polar surface area (TPSA) is 12.9 Å². The van der Waals surface area contributed by atoms with Crippen LogP contribution in [0.15, 0.2) is 53.9 Å². The molecule has 0 unspecified atom stereocenters. The summed E-state index contributed by atoms with van der Waals surface area (Å²) in [5, 5.41) is 4.14. The van der Waals surface area contributed by atoms with Crippen LogP contribution in [0.5, 0.6) is 0 Å². The third kappa shape index (κ3) is 2.66. The number of aromatic nitrogens is 1. The van der Waals surface area contributed by atoms with E-state index < -0.39 is 0 Å². The fraction of sp³-hybridized carbons (Fsp3) is 0. The van der Waals surface area contributed by atoms with Gasteiger partial charge in [-0.3, -0.25) is 0 Å².